The molecule has 0 spiro atoms. The Morgan fingerprint density at radius 3 is 2.48 bits per heavy atom. The van der Waals surface area contributed by atoms with Crippen LogP contribution < -0.4 is 4.90 Å². The van der Waals surface area contributed by atoms with E-state index in [0.717, 1.165) is 48.8 Å². The van der Waals surface area contributed by atoms with Crippen molar-refractivity contribution < 1.29 is 4.79 Å². The summed E-state index contributed by atoms with van der Waals surface area (Å²) >= 11 is 0. The molecular formula is C17H21N5O. The lowest BCUT2D eigenvalue weighted by molar-refractivity contribution is -0.129. The van der Waals surface area contributed by atoms with E-state index in [9.17, 15) is 4.79 Å². The van der Waals surface area contributed by atoms with Crippen LogP contribution in [0.2, 0.25) is 0 Å². The molecule has 6 nitrogen and oxygen atoms in total. The first-order valence-corrected chi connectivity index (χ1v) is 7.82. The van der Waals surface area contributed by atoms with E-state index < -0.39 is 0 Å². The molecule has 0 radical (unpaired) electrons. The third-order valence-corrected chi connectivity index (χ3v) is 4.31. The maximum absolute atomic E-state index is 11.5. The molecule has 3 heterocycles. The van der Waals surface area contributed by atoms with Crippen LogP contribution in [0.1, 0.15) is 18.2 Å². The Hall–Kier alpha value is -2.50. The molecule has 0 N–H and O–H groups in total. The molecule has 1 saturated heterocycles. The van der Waals surface area contributed by atoms with E-state index in [4.69, 9.17) is 4.98 Å². The van der Waals surface area contributed by atoms with Gasteiger partial charge in [-0.05, 0) is 26.0 Å². The zero-order chi connectivity index (χ0) is 16.4. The number of carbonyl (C=O) groups excluding carboxylic acids is 1. The van der Waals surface area contributed by atoms with Crippen molar-refractivity contribution in [3.8, 4) is 11.4 Å². The highest BCUT2D eigenvalue weighted by Crippen LogP contribution is 2.25. The smallest absolute Gasteiger partial charge is 0.219 e. The van der Waals surface area contributed by atoms with Crippen LogP contribution in [-0.2, 0) is 4.79 Å². The minimum Gasteiger partial charge on any atom is -0.353 e. The molecule has 120 valence electrons. The van der Waals surface area contributed by atoms with Crippen molar-refractivity contribution >= 4 is 11.7 Å². The van der Waals surface area contributed by atoms with Crippen LogP contribution in [0.15, 0.2) is 24.5 Å². The average Bonchev–Trinajstić information content (AvgIpc) is 2.58. The Morgan fingerprint density at radius 2 is 1.87 bits per heavy atom. The summed E-state index contributed by atoms with van der Waals surface area (Å²) in [6.07, 6.45) is 3.52. The molecule has 0 aromatic carbocycles. The van der Waals surface area contributed by atoms with Gasteiger partial charge in [0.15, 0.2) is 5.82 Å². The molecule has 0 saturated carbocycles. The zero-order valence-electron chi connectivity index (χ0n) is 13.8. The molecule has 1 aliphatic rings. The van der Waals surface area contributed by atoms with Gasteiger partial charge in [-0.3, -0.25) is 9.78 Å². The number of rotatable bonds is 2. The summed E-state index contributed by atoms with van der Waals surface area (Å²) in [6, 6.07) is 3.85. The molecule has 1 aliphatic heterocycles. The lowest BCUT2D eigenvalue weighted by atomic mass is 10.2. The Bertz CT molecular complexity index is 708. The molecule has 3 rings (SSSR count). The van der Waals surface area contributed by atoms with Gasteiger partial charge in [0.25, 0.3) is 0 Å². The van der Waals surface area contributed by atoms with Gasteiger partial charge in [-0.15, -0.1) is 0 Å². The number of carbonyl (C=O) groups is 1. The molecule has 0 bridgehead atoms. The van der Waals surface area contributed by atoms with Crippen molar-refractivity contribution in [3.63, 3.8) is 0 Å². The van der Waals surface area contributed by atoms with Crippen LogP contribution in [0, 0.1) is 13.8 Å². The Morgan fingerprint density at radius 1 is 1.13 bits per heavy atom. The first-order chi connectivity index (χ1) is 11.1. The molecular weight excluding hydrogens is 290 g/mol. The molecule has 0 unspecified atom stereocenters. The summed E-state index contributed by atoms with van der Waals surface area (Å²) in [5.74, 6) is 1.79. The number of aryl methyl sites for hydroxylation is 1. The maximum Gasteiger partial charge on any atom is 0.219 e. The third kappa shape index (κ3) is 3.16. The molecule has 0 atom stereocenters. The molecule has 2 aromatic heterocycles. The molecule has 1 fully saturated rings. The highest BCUT2D eigenvalue weighted by atomic mass is 16.2. The van der Waals surface area contributed by atoms with Gasteiger partial charge in [0.2, 0.25) is 5.91 Å². The normalized spacial score (nSPS) is 14.9. The van der Waals surface area contributed by atoms with Gasteiger partial charge in [0.05, 0.1) is 0 Å². The SMILES string of the molecule is CC(=O)N1CCN(c2nc(-c3cccnc3)nc(C)c2C)CC1. The van der Waals surface area contributed by atoms with Gasteiger partial charge in [-0.1, -0.05) is 0 Å². The zero-order valence-corrected chi connectivity index (χ0v) is 13.8. The Kier molecular flexibility index (Phi) is 4.23. The summed E-state index contributed by atoms with van der Waals surface area (Å²) in [5.41, 5.74) is 2.98. The van der Waals surface area contributed by atoms with Gasteiger partial charge in [-0.25, -0.2) is 9.97 Å². The Labute approximate surface area is 136 Å². The van der Waals surface area contributed by atoms with Crippen LogP contribution >= 0.6 is 0 Å². The van der Waals surface area contributed by atoms with Crippen molar-refractivity contribution in [3.05, 3.63) is 35.8 Å². The number of aromatic nitrogens is 3. The van der Waals surface area contributed by atoms with E-state index >= 15 is 0 Å². The van der Waals surface area contributed by atoms with Crippen LogP contribution in [-0.4, -0.2) is 51.9 Å². The van der Waals surface area contributed by atoms with Crippen LogP contribution in [0.4, 0.5) is 5.82 Å². The summed E-state index contributed by atoms with van der Waals surface area (Å²) < 4.78 is 0. The van der Waals surface area contributed by atoms with Crippen molar-refractivity contribution in [1.82, 2.24) is 19.9 Å². The summed E-state index contributed by atoms with van der Waals surface area (Å²) in [6.45, 7) is 8.74. The van der Waals surface area contributed by atoms with E-state index in [1.165, 1.54) is 0 Å². The highest BCUT2D eigenvalue weighted by Gasteiger charge is 2.22. The van der Waals surface area contributed by atoms with Gasteiger partial charge in [-0.2, -0.15) is 0 Å². The Balaban J connectivity index is 1.91. The van der Waals surface area contributed by atoms with Crippen LogP contribution in [0.5, 0.6) is 0 Å². The molecule has 2 aromatic rings. The van der Waals surface area contributed by atoms with Crippen molar-refractivity contribution in [2.45, 2.75) is 20.8 Å². The minimum absolute atomic E-state index is 0.135. The quantitative estimate of drug-likeness (QED) is 0.846. The summed E-state index contributed by atoms with van der Waals surface area (Å²) in [7, 11) is 0. The second-order valence-corrected chi connectivity index (χ2v) is 5.82. The van der Waals surface area contributed by atoms with E-state index in [1.807, 2.05) is 24.0 Å². The first-order valence-electron chi connectivity index (χ1n) is 7.82. The topological polar surface area (TPSA) is 62.2 Å². The van der Waals surface area contributed by atoms with E-state index in [2.05, 4.69) is 21.8 Å². The van der Waals surface area contributed by atoms with E-state index in [1.54, 1.807) is 19.3 Å². The molecule has 0 aliphatic carbocycles. The number of piperazine rings is 1. The lowest BCUT2D eigenvalue weighted by Crippen LogP contribution is -2.48. The number of amides is 1. The monoisotopic (exact) mass is 311 g/mol. The molecule has 23 heavy (non-hydrogen) atoms. The fourth-order valence-corrected chi connectivity index (χ4v) is 2.78. The van der Waals surface area contributed by atoms with Crippen molar-refractivity contribution in [2.24, 2.45) is 0 Å². The number of nitrogens with zero attached hydrogens (tertiary/aromatic N) is 5. The summed E-state index contributed by atoms with van der Waals surface area (Å²) in [4.78, 5) is 29.1. The molecule has 1 amide bonds. The van der Waals surface area contributed by atoms with Crippen LogP contribution in [0.3, 0.4) is 0 Å². The lowest BCUT2D eigenvalue weighted by Gasteiger charge is -2.35. The number of anilines is 1. The van der Waals surface area contributed by atoms with Crippen molar-refractivity contribution in [2.75, 3.05) is 31.1 Å². The standard InChI is InChI=1S/C17H21N5O/c1-12-13(2)19-16(15-5-4-6-18-11-15)20-17(12)22-9-7-21(8-10-22)14(3)23/h4-6,11H,7-10H2,1-3H3. The fraction of sp³-hybridized carbons (Fsp3) is 0.412. The van der Waals surface area contributed by atoms with Crippen molar-refractivity contribution in [1.29, 1.82) is 0 Å². The average molecular weight is 311 g/mol. The van der Waals surface area contributed by atoms with Gasteiger partial charge in [0.1, 0.15) is 5.82 Å². The number of hydrogen-bond donors (Lipinski definition) is 0. The van der Waals surface area contributed by atoms with Gasteiger partial charge < -0.3 is 9.80 Å². The predicted molar refractivity (Wildman–Crippen MR) is 89.2 cm³/mol. The first kappa shape index (κ1) is 15.4. The molecule has 6 heteroatoms. The third-order valence-electron chi connectivity index (χ3n) is 4.31. The second-order valence-electron chi connectivity index (χ2n) is 5.82. The maximum atomic E-state index is 11.5. The van der Waals surface area contributed by atoms with Gasteiger partial charge >= 0.3 is 0 Å². The van der Waals surface area contributed by atoms with E-state index in [0.29, 0.717) is 5.82 Å². The van der Waals surface area contributed by atoms with Gasteiger partial charge in [0, 0.05) is 62.3 Å². The number of pyridine rings is 1. The minimum atomic E-state index is 0.135. The largest absolute Gasteiger partial charge is 0.353 e. The highest BCUT2D eigenvalue weighted by molar-refractivity contribution is 5.73. The predicted octanol–water partition coefficient (Wildman–Crippen LogP) is 1.82. The fourth-order valence-electron chi connectivity index (χ4n) is 2.78. The number of hydrogen-bond acceptors (Lipinski definition) is 5. The van der Waals surface area contributed by atoms with E-state index in [-0.39, 0.29) is 5.91 Å². The second kappa shape index (κ2) is 6.32. The summed E-state index contributed by atoms with van der Waals surface area (Å²) in [5, 5.41) is 0. The van der Waals surface area contributed by atoms with Crippen LogP contribution in [0.25, 0.3) is 11.4 Å².